The van der Waals surface area contributed by atoms with Crippen molar-refractivity contribution in [3.05, 3.63) is 59.1 Å². The van der Waals surface area contributed by atoms with Crippen LogP contribution in [0.2, 0.25) is 5.02 Å². The highest BCUT2D eigenvalue weighted by Crippen LogP contribution is 2.32. The van der Waals surface area contributed by atoms with Gasteiger partial charge in [0.15, 0.2) is 0 Å². The number of nitrogen functional groups attached to an aromatic ring is 1. The second-order valence-corrected chi connectivity index (χ2v) is 7.18. The Kier molecular flexibility index (Phi) is 5.20. The number of ether oxygens (including phenoxy) is 1. The van der Waals surface area contributed by atoms with Crippen molar-refractivity contribution in [2.24, 2.45) is 0 Å². The zero-order valence-electron chi connectivity index (χ0n) is 15.2. The molecule has 1 unspecified atom stereocenters. The van der Waals surface area contributed by atoms with Crippen LogP contribution in [0.5, 0.6) is 11.5 Å². The minimum Gasteiger partial charge on any atom is -0.457 e. The molecule has 142 valence electrons. The van der Waals surface area contributed by atoms with Crippen LogP contribution in [0.1, 0.15) is 24.4 Å². The van der Waals surface area contributed by atoms with Crippen LogP contribution >= 0.6 is 11.6 Å². The van der Waals surface area contributed by atoms with Crippen molar-refractivity contribution in [3.63, 3.8) is 0 Å². The second-order valence-electron chi connectivity index (χ2n) is 6.75. The molecule has 1 atom stereocenters. The average molecular weight is 394 g/mol. The molecule has 1 aromatic heterocycles. The molecule has 6 nitrogen and oxygen atoms in total. The summed E-state index contributed by atoms with van der Waals surface area (Å²) in [6, 6.07) is 17.0. The predicted octanol–water partition coefficient (Wildman–Crippen LogP) is 4.37. The molecule has 28 heavy (non-hydrogen) atoms. The maximum Gasteiger partial charge on any atom is 0.140 e. The molecule has 0 aliphatic carbocycles. The minimum absolute atomic E-state index is 0.169. The summed E-state index contributed by atoms with van der Waals surface area (Å²) >= 11 is 5.90. The first-order chi connectivity index (χ1) is 13.7. The van der Waals surface area contributed by atoms with Gasteiger partial charge >= 0.3 is 0 Å². The molecule has 2 heterocycles. The highest BCUT2D eigenvalue weighted by Gasteiger charge is 2.23. The predicted molar refractivity (Wildman–Crippen MR) is 109 cm³/mol. The Morgan fingerprint density at radius 3 is 2.43 bits per heavy atom. The van der Waals surface area contributed by atoms with Crippen LogP contribution in [0.3, 0.4) is 0 Å². The largest absolute Gasteiger partial charge is 0.457 e. The quantitative estimate of drug-likeness (QED) is 0.686. The van der Waals surface area contributed by atoms with Crippen LogP contribution in [0.15, 0.2) is 48.5 Å². The van der Waals surface area contributed by atoms with Crippen LogP contribution in [0.25, 0.3) is 11.3 Å². The Hall–Kier alpha value is -3.01. The highest BCUT2D eigenvalue weighted by atomic mass is 35.5. The van der Waals surface area contributed by atoms with E-state index in [0.717, 1.165) is 31.5 Å². The fourth-order valence-corrected chi connectivity index (χ4v) is 3.53. The van der Waals surface area contributed by atoms with Crippen LogP contribution in [0.4, 0.5) is 5.82 Å². The van der Waals surface area contributed by atoms with Gasteiger partial charge in [0.05, 0.1) is 6.04 Å². The van der Waals surface area contributed by atoms with E-state index in [1.165, 1.54) is 0 Å². The molecule has 7 heteroatoms. The number of anilines is 1. The number of halogens is 1. The van der Waals surface area contributed by atoms with Gasteiger partial charge in [0.25, 0.3) is 0 Å². The summed E-state index contributed by atoms with van der Waals surface area (Å²) in [6.45, 7) is 1.81. The Bertz CT molecular complexity index is 999. The van der Waals surface area contributed by atoms with Crippen LogP contribution in [0, 0.1) is 11.3 Å². The smallest absolute Gasteiger partial charge is 0.140 e. The Morgan fingerprint density at radius 1 is 1.14 bits per heavy atom. The maximum absolute atomic E-state index is 9.61. The number of nitrogens with two attached hydrogens (primary N) is 1. The standard InChI is InChI=1S/C21H20ClN5O/c22-15-5-9-18(10-6-15)28-17-7-3-14(4-8-17)20-19(12-23)21(24)27(26-20)16-2-1-11-25-13-16/h3-10,16,25H,1-2,11,13,24H2. The number of nitriles is 1. The molecular weight excluding hydrogens is 374 g/mol. The van der Waals surface area contributed by atoms with E-state index < -0.39 is 0 Å². The van der Waals surface area contributed by atoms with Crippen molar-refractivity contribution in [1.82, 2.24) is 15.1 Å². The third kappa shape index (κ3) is 3.68. The summed E-state index contributed by atoms with van der Waals surface area (Å²) in [5.74, 6) is 1.81. The normalized spacial score (nSPS) is 16.5. The van der Waals surface area contributed by atoms with Crippen LogP contribution < -0.4 is 15.8 Å². The lowest BCUT2D eigenvalue weighted by Crippen LogP contribution is -2.32. The second kappa shape index (κ2) is 7.93. The van der Waals surface area contributed by atoms with Crippen molar-refractivity contribution < 1.29 is 4.74 Å². The van der Waals surface area contributed by atoms with E-state index in [2.05, 4.69) is 16.5 Å². The molecule has 1 aliphatic heterocycles. The van der Waals surface area contributed by atoms with Gasteiger partial charge in [0, 0.05) is 17.1 Å². The zero-order valence-corrected chi connectivity index (χ0v) is 16.0. The fraction of sp³-hybridized carbons (Fsp3) is 0.238. The van der Waals surface area contributed by atoms with Crippen molar-refractivity contribution in [2.45, 2.75) is 18.9 Å². The van der Waals surface area contributed by atoms with Gasteiger partial charge < -0.3 is 15.8 Å². The summed E-state index contributed by atoms with van der Waals surface area (Å²) in [7, 11) is 0. The molecule has 1 saturated heterocycles. The molecule has 1 aliphatic rings. The summed E-state index contributed by atoms with van der Waals surface area (Å²) in [5.41, 5.74) is 8.08. The topological polar surface area (TPSA) is 88.9 Å². The van der Waals surface area contributed by atoms with Gasteiger partial charge in [-0.1, -0.05) is 11.6 Å². The first-order valence-corrected chi connectivity index (χ1v) is 9.56. The number of nitrogens with zero attached hydrogens (tertiary/aromatic N) is 3. The first-order valence-electron chi connectivity index (χ1n) is 9.18. The Labute approximate surface area is 168 Å². The maximum atomic E-state index is 9.61. The summed E-state index contributed by atoms with van der Waals surface area (Å²) in [4.78, 5) is 0. The molecule has 1 fully saturated rings. The number of nitrogens with one attached hydrogen (secondary N) is 1. The lowest BCUT2D eigenvalue weighted by Gasteiger charge is -2.23. The molecule has 4 rings (SSSR count). The summed E-state index contributed by atoms with van der Waals surface area (Å²) in [5, 5.41) is 18.3. The van der Waals surface area contributed by atoms with Crippen molar-refractivity contribution in [2.75, 3.05) is 18.8 Å². The number of benzene rings is 2. The highest BCUT2D eigenvalue weighted by molar-refractivity contribution is 6.30. The number of hydrogen-bond acceptors (Lipinski definition) is 5. The molecule has 2 aromatic carbocycles. The minimum atomic E-state index is 0.169. The molecular formula is C21H20ClN5O. The molecule has 3 aromatic rings. The van der Waals surface area contributed by atoms with Crippen LogP contribution in [-0.2, 0) is 0 Å². The van der Waals surface area contributed by atoms with E-state index in [0.29, 0.717) is 33.6 Å². The van der Waals surface area contributed by atoms with Gasteiger partial charge in [-0.25, -0.2) is 4.68 Å². The first kappa shape index (κ1) is 18.4. The molecule has 0 amide bonds. The lowest BCUT2D eigenvalue weighted by molar-refractivity contribution is 0.351. The molecule has 0 saturated carbocycles. The summed E-state index contributed by atoms with van der Waals surface area (Å²) < 4.78 is 7.61. The zero-order chi connectivity index (χ0) is 19.5. The molecule has 3 N–H and O–H groups in total. The van der Waals surface area contributed by atoms with Gasteiger partial charge in [-0.3, -0.25) is 0 Å². The number of hydrogen-bond donors (Lipinski definition) is 2. The Morgan fingerprint density at radius 2 is 1.82 bits per heavy atom. The van der Waals surface area contributed by atoms with Gasteiger partial charge in [-0.05, 0) is 67.9 Å². The van der Waals surface area contributed by atoms with E-state index >= 15 is 0 Å². The third-order valence-corrected chi connectivity index (χ3v) is 5.11. The fourth-order valence-electron chi connectivity index (χ4n) is 3.40. The van der Waals surface area contributed by atoms with E-state index in [1.807, 2.05) is 36.4 Å². The average Bonchev–Trinajstić information content (AvgIpc) is 3.07. The lowest BCUT2D eigenvalue weighted by atomic mass is 10.1. The number of aromatic nitrogens is 2. The Balaban J connectivity index is 1.60. The number of rotatable bonds is 4. The van der Waals surface area contributed by atoms with Gasteiger partial charge in [0.2, 0.25) is 0 Å². The van der Waals surface area contributed by atoms with Gasteiger partial charge in [0.1, 0.15) is 34.6 Å². The van der Waals surface area contributed by atoms with E-state index in [9.17, 15) is 5.26 Å². The van der Waals surface area contributed by atoms with Gasteiger partial charge in [-0.15, -0.1) is 0 Å². The van der Waals surface area contributed by atoms with E-state index in [4.69, 9.17) is 22.1 Å². The molecule has 0 bridgehead atoms. The molecule has 0 radical (unpaired) electrons. The van der Waals surface area contributed by atoms with Crippen molar-refractivity contribution in [1.29, 1.82) is 5.26 Å². The summed E-state index contributed by atoms with van der Waals surface area (Å²) in [6.07, 6.45) is 2.06. The van der Waals surface area contributed by atoms with Crippen LogP contribution in [-0.4, -0.2) is 22.9 Å². The van der Waals surface area contributed by atoms with Crippen molar-refractivity contribution in [3.8, 4) is 28.8 Å². The number of piperidine rings is 1. The molecule has 0 spiro atoms. The van der Waals surface area contributed by atoms with E-state index in [-0.39, 0.29) is 6.04 Å². The third-order valence-electron chi connectivity index (χ3n) is 4.85. The van der Waals surface area contributed by atoms with Gasteiger partial charge in [-0.2, -0.15) is 10.4 Å². The van der Waals surface area contributed by atoms with Crippen molar-refractivity contribution >= 4 is 17.4 Å². The monoisotopic (exact) mass is 393 g/mol. The SMILES string of the molecule is N#Cc1c(-c2ccc(Oc3ccc(Cl)cc3)cc2)nn(C2CCCNC2)c1N. The van der Waals surface area contributed by atoms with E-state index in [1.54, 1.807) is 16.8 Å².